The average Bonchev–Trinajstić information content (AvgIpc) is 3.46. The summed E-state index contributed by atoms with van der Waals surface area (Å²) >= 11 is 0. The summed E-state index contributed by atoms with van der Waals surface area (Å²) in [5.74, 6) is -0.854. The zero-order valence-electron chi connectivity index (χ0n) is 18.5. The summed E-state index contributed by atoms with van der Waals surface area (Å²) in [7, 11) is 0. The topological polar surface area (TPSA) is 119 Å². The summed E-state index contributed by atoms with van der Waals surface area (Å²) in [6, 6.07) is 10.2. The van der Waals surface area contributed by atoms with E-state index >= 15 is 0 Å². The van der Waals surface area contributed by atoms with Gasteiger partial charge in [0.2, 0.25) is 17.6 Å². The Kier molecular flexibility index (Phi) is 5.63. The van der Waals surface area contributed by atoms with E-state index in [-0.39, 0.29) is 29.8 Å². The van der Waals surface area contributed by atoms with Crippen LogP contribution in [0.5, 0.6) is 5.75 Å². The van der Waals surface area contributed by atoms with Crippen molar-refractivity contribution in [2.75, 3.05) is 10.6 Å². The van der Waals surface area contributed by atoms with Gasteiger partial charge in [0, 0.05) is 22.5 Å². The molecule has 2 aromatic heterocycles. The van der Waals surface area contributed by atoms with Gasteiger partial charge < -0.3 is 19.8 Å². The van der Waals surface area contributed by atoms with Gasteiger partial charge in [-0.2, -0.15) is 0 Å². The van der Waals surface area contributed by atoms with E-state index in [0.29, 0.717) is 16.8 Å². The molecule has 1 aliphatic heterocycles. The molecule has 1 aliphatic rings. The van der Waals surface area contributed by atoms with Crippen molar-refractivity contribution in [2.24, 2.45) is 0 Å². The van der Waals surface area contributed by atoms with E-state index in [9.17, 15) is 22.8 Å². The Labute approximate surface area is 201 Å². The van der Waals surface area contributed by atoms with E-state index in [1.54, 1.807) is 43.3 Å². The second-order valence-electron chi connectivity index (χ2n) is 7.90. The van der Waals surface area contributed by atoms with Crippen LogP contribution in [0.25, 0.3) is 22.8 Å². The number of nitrogens with one attached hydrogen (secondary N) is 2. The van der Waals surface area contributed by atoms with E-state index in [2.05, 4.69) is 30.3 Å². The number of carbonyl (C=O) groups excluding carboxylic acids is 2. The van der Waals surface area contributed by atoms with Gasteiger partial charge in [0.1, 0.15) is 0 Å². The fourth-order valence-corrected chi connectivity index (χ4v) is 3.61. The van der Waals surface area contributed by atoms with Gasteiger partial charge in [-0.1, -0.05) is 12.1 Å². The quantitative estimate of drug-likeness (QED) is 0.410. The highest BCUT2D eigenvalue weighted by molar-refractivity contribution is 6.03. The number of rotatable bonds is 5. The molecule has 0 spiro atoms. The van der Waals surface area contributed by atoms with Crippen molar-refractivity contribution in [1.29, 1.82) is 0 Å². The summed E-state index contributed by atoms with van der Waals surface area (Å²) in [5.41, 5.74) is 3.78. The second kappa shape index (κ2) is 8.80. The summed E-state index contributed by atoms with van der Waals surface area (Å²) in [6.07, 6.45) is -1.47. The summed E-state index contributed by atoms with van der Waals surface area (Å²) < 4.78 is 46.5. The van der Waals surface area contributed by atoms with Crippen LogP contribution in [-0.4, -0.2) is 33.1 Å². The molecular formula is C24H16F3N5O4. The Morgan fingerprint density at radius 3 is 2.56 bits per heavy atom. The lowest BCUT2D eigenvalue weighted by atomic mass is 10.1. The third-order valence-electron chi connectivity index (χ3n) is 5.31. The van der Waals surface area contributed by atoms with Gasteiger partial charge in [-0.05, 0) is 42.3 Å². The van der Waals surface area contributed by atoms with Gasteiger partial charge in [0.05, 0.1) is 25.0 Å². The number of alkyl halides is 3. The lowest BCUT2D eigenvalue weighted by Crippen LogP contribution is -2.17. The minimum absolute atomic E-state index is 0.0330. The first kappa shape index (κ1) is 23.0. The molecule has 0 saturated carbocycles. The molecule has 12 heteroatoms. The van der Waals surface area contributed by atoms with Crippen LogP contribution in [0, 0.1) is 6.92 Å². The van der Waals surface area contributed by atoms with E-state index in [1.165, 1.54) is 6.20 Å². The lowest BCUT2D eigenvalue weighted by Gasteiger charge is -2.10. The predicted octanol–water partition coefficient (Wildman–Crippen LogP) is 4.75. The van der Waals surface area contributed by atoms with Gasteiger partial charge >= 0.3 is 6.36 Å². The molecule has 5 rings (SSSR count). The number of carbonyl (C=O) groups is 2. The van der Waals surface area contributed by atoms with Crippen LogP contribution in [0.1, 0.15) is 21.7 Å². The number of hydrogen-bond acceptors (Lipinski definition) is 7. The standard InChI is InChI=1S/C24H16F3N5O4/c1-12-2-3-13(21-28-9-16(10-29-21)36-24(25,26)27)7-18(12)32-22(34)19-11-30-23(35-19)14-4-5-17-15(6-14)8-20(33)31-17/h2-7,9-11H,8H2,1H3,(H,31,33)(H,32,34). The molecule has 0 saturated heterocycles. The van der Waals surface area contributed by atoms with Crippen LogP contribution in [0.2, 0.25) is 0 Å². The molecule has 0 atom stereocenters. The highest BCUT2D eigenvalue weighted by atomic mass is 19.4. The summed E-state index contributed by atoms with van der Waals surface area (Å²) in [6.45, 7) is 1.77. The normalized spacial score (nSPS) is 12.7. The van der Waals surface area contributed by atoms with Gasteiger partial charge in [-0.3, -0.25) is 9.59 Å². The van der Waals surface area contributed by atoms with Crippen molar-refractivity contribution < 1.29 is 31.9 Å². The lowest BCUT2D eigenvalue weighted by molar-refractivity contribution is -0.274. The molecule has 0 radical (unpaired) electrons. The summed E-state index contributed by atoms with van der Waals surface area (Å²) in [5, 5.41) is 5.48. The third kappa shape index (κ3) is 4.87. The number of fused-ring (bicyclic) bond motifs is 1. The molecule has 2 amide bonds. The van der Waals surface area contributed by atoms with Gasteiger partial charge in [0.25, 0.3) is 5.91 Å². The van der Waals surface area contributed by atoms with Crippen LogP contribution in [0.3, 0.4) is 0 Å². The molecule has 2 N–H and O–H groups in total. The largest absolute Gasteiger partial charge is 0.573 e. The Bertz CT molecular complexity index is 1480. The minimum atomic E-state index is -4.84. The average molecular weight is 495 g/mol. The molecule has 0 bridgehead atoms. The fourth-order valence-electron chi connectivity index (χ4n) is 3.61. The van der Waals surface area contributed by atoms with E-state index < -0.39 is 18.0 Å². The number of ether oxygens (including phenoxy) is 1. The molecule has 0 fully saturated rings. The number of hydrogen-bond donors (Lipinski definition) is 2. The molecule has 2 aromatic carbocycles. The SMILES string of the molecule is Cc1ccc(-c2ncc(OC(F)(F)F)cn2)cc1NC(=O)c1cnc(-c2ccc3c(c2)CC(=O)N3)o1. The van der Waals surface area contributed by atoms with Crippen LogP contribution >= 0.6 is 0 Å². The fraction of sp³-hybridized carbons (Fsp3) is 0.125. The first-order valence-electron chi connectivity index (χ1n) is 10.5. The monoisotopic (exact) mass is 495 g/mol. The third-order valence-corrected chi connectivity index (χ3v) is 5.31. The first-order valence-corrected chi connectivity index (χ1v) is 10.5. The maximum atomic E-state index is 12.8. The van der Waals surface area contributed by atoms with Crippen LogP contribution < -0.4 is 15.4 Å². The summed E-state index contributed by atoms with van der Waals surface area (Å²) in [4.78, 5) is 36.4. The highest BCUT2D eigenvalue weighted by Gasteiger charge is 2.31. The second-order valence-corrected chi connectivity index (χ2v) is 7.90. The van der Waals surface area contributed by atoms with Crippen molar-refractivity contribution in [2.45, 2.75) is 19.7 Å². The molecule has 36 heavy (non-hydrogen) atoms. The molecule has 0 aliphatic carbocycles. The number of oxazole rings is 1. The molecule has 4 aromatic rings. The maximum Gasteiger partial charge on any atom is 0.573 e. The van der Waals surface area contributed by atoms with Crippen LogP contribution in [-0.2, 0) is 11.2 Å². The molecule has 9 nitrogen and oxygen atoms in total. The van der Waals surface area contributed by atoms with Crippen molar-refractivity contribution in [3.63, 3.8) is 0 Å². The Morgan fingerprint density at radius 1 is 1.06 bits per heavy atom. The number of aryl methyl sites for hydroxylation is 1. The van der Waals surface area contributed by atoms with Crippen LogP contribution in [0.15, 0.2) is 59.4 Å². The van der Waals surface area contributed by atoms with Gasteiger partial charge in [0.15, 0.2) is 11.6 Å². The van der Waals surface area contributed by atoms with E-state index in [1.807, 2.05) is 0 Å². The number of nitrogens with zero attached hydrogens (tertiary/aromatic N) is 3. The van der Waals surface area contributed by atoms with Gasteiger partial charge in [-0.25, -0.2) is 15.0 Å². The zero-order chi connectivity index (χ0) is 25.4. The Hall–Kier alpha value is -4.74. The number of halogens is 3. The number of benzene rings is 2. The smallest absolute Gasteiger partial charge is 0.431 e. The van der Waals surface area contributed by atoms with Gasteiger partial charge in [-0.15, -0.1) is 13.2 Å². The molecular weight excluding hydrogens is 479 g/mol. The van der Waals surface area contributed by atoms with Crippen molar-refractivity contribution in [3.05, 3.63) is 71.9 Å². The minimum Gasteiger partial charge on any atom is -0.431 e. The number of amides is 2. The molecule has 3 heterocycles. The Balaban J connectivity index is 1.32. The predicted molar refractivity (Wildman–Crippen MR) is 121 cm³/mol. The first-order chi connectivity index (χ1) is 17.1. The van der Waals surface area contributed by atoms with Crippen molar-refractivity contribution in [1.82, 2.24) is 15.0 Å². The van der Waals surface area contributed by atoms with E-state index in [4.69, 9.17) is 4.42 Å². The number of anilines is 2. The van der Waals surface area contributed by atoms with Crippen molar-refractivity contribution in [3.8, 4) is 28.6 Å². The highest BCUT2D eigenvalue weighted by Crippen LogP contribution is 2.30. The molecule has 182 valence electrons. The maximum absolute atomic E-state index is 12.8. The van der Waals surface area contributed by atoms with E-state index in [0.717, 1.165) is 29.2 Å². The van der Waals surface area contributed by atoms with Crippen molar-refractivity contribution >= 4 is 23.2 Å². The Morgan fingerprint density at radius 2 is 1.81 bits per heavy atom. The zero-order valence-corrected chi connectivity index (χ0v) is 18.5. The molecule has 0 unspecified atom stereocenters. The van der Waals surface area contributed by atoms with Crippen LogP contribution in [0.4, 0.5) is 24.5 Å². The number of aromatic nitrogens is 3.